The number of urea groups is 1. The zero-order valence-corrected chi connectivity index (χ0v) is 23.0. The Morgan fingerprint density at radius 3 is 2.76 bits per heavy atom. The molecule has 3 N–H and O–H groups in total. The van der Waals surface area contributed by atoms with Crippen molar-refractivity contribution < 1.29 is 9.59 Å². The lowest BCUT2D eigenvalue weighted by Gasteiger charge is -2.40. The molecule has 1 fully saturated rings. The van der Waals surface area contributed by atoms with Gasteiger partial charge in [-0.2, -0.15) is 11.3 Å². The number of H-pyrrole nitrogens is 1. The van der Waals surface area contributed by atoms with Crippen molar-refractivity contribution in [2.45, 2.75) is 51.7 Å². The second-order valence-corrected chi connectivity index (χ2v) is 10.6. The Labute approximate surface area is 229 Å². The fourth-order valence-corrected chi connectivity index (χ4v) is 5.83. The fourth-order valence-electron chi connectivity index (χ4n) is 4.55. The number of hydrogen-bond donors (Lipinski definition) is 3. The van der Waals surface area contributed by atoms with Gasteiger partial charge in [-0.05, 0) is 67.1 Å². The second-order valence-electron chi connectivity index (χ2n) is 9.10. The molecular formula is C24H30Cl2N8O2S. The van der Waals surface area contributed by atoms with Crippen molar-refractivity contribution in [3.63, 3.8) is 0 Å². The third-order valence-electron chi connectivity index (χ3n) is 6.61. The summed E-state index contributed by atoms with van der Waals surface area (Å²) in [6.07, 6.45) is 3.93. The van der Waals surface area contributed by atoms with Crippen molar-refractivity contribution in [2.24, 2.45) is 0 Å². The summed E-state index contributed by atoms with van der Waals surface area (Å²) in [5.41, 5.74) is 2.15. The number of nitrogens with one attached hydrogen (secondary N) is 3. The molecule has 0 saturated carbocycles. The van der Waals surface area contributed by atoms with Crippen LogP contribution in [0.1, 0.15) is 47.7 Å². The fraction of sp³-hybridized carbons (Fsp3) is 0.458. The molecule has 0 aromatic carbocycles. The van der Waals surface area contributed by atoms with E-state index in [4.69, 9.17) is 23.2 Å². The van der Waals surface area contributed by atoms with E-state index in [1.165, 1.54) is 6.33 Å². The predicted molar refractivity (Wildman–Crippen MR) is 145 cm³/mol. The lowest BCUT2D eigenvalue weighted by molar-refractivity contribution is 0.0919. The molecule has 3 amide bonds. The first-order valence-electron chi connectivity index (χ1n) is 12.1. The largest absolute Gasteiger partial charge is 0.352 e. The van der Waals surface area contributed by atoms with Gasteiger partial charge >= 0.3 is 6.03 Å². The van der Waals surface area contributed by atoms with E-state index in [0.29, 0.717) is 24.2 Å². The number of hydrogen-bond acceptors (Lipinski definition) is 7. The first-order valence-corrected chi connectivity index (χ1v) is 13.8. The normalized spacial score (nSPS) is 15.4. The maximum atomic E-state index is 13.1. The van der Waals surface area contributed by atoms with E-state index in [9.17, 15) is 9.59 Å². The summed E-state index contributed by atoms with van der Waals surface area (Å²) in [4.78, 5) is 38.0. The summed E-state index contributed by atoms with van der Waals surface area (Å²) < 4.78 is 0. The van der Waals surface area contributed by atoms with E-state index < -0.39 is 0 Å². The van der Waals surface area contributed by atoms with Crippen LogP contribution in [0.15, 0.2) is 29.2 Å². The van der Waals surface area contributed by atoms with Gasteiger partial charge in [0.05, 0.1) is 5.56 Å². The van der Waals surface area contributed by atoms with E-state index in [0.717, 1.165) is 37.9 Å². The number of amides is 3. The number of rotatable bonds is 9. The Kier molecular flexibility index (Phi) is 9.36. The quantitative estimate of drug-likeness (QED) is 0.327. The van der Waals surface area contributed by atoms with Crippen molar-refractivity contribution in [1.82, 2.24) is 35.3 Å². The number of likely N-dealkylation sites (tertiary alicyclic amines) is 1. The Balaban J connectivity index is 1.28. The van der Waals surface area contributed by atoms with Crippen LogP contribution in [0, 0.1) is 6.92 Å². The van der Waals surface area contributed by atoms with Crippen molar-refractivity contribution in [1.29, 1.82) is 0 Å². The summed E-state index contributed by atoms with van der Waals surface area (Å²) in [6.45, 7) is 6.72. The summed E-state index contributed by atoms with van der Waals surface area (Å²) in [7, 11) is 0. The van der Waals surface area contributed by atoms with E-state index in [2.05, 4.69) is 48.0 Å². The Hall–Kier alpha value is -2.73. The third-order valence-corrected chi connectivity index (χ3v) is 7.81. The molecule has 10 nitrogen and oxygen atoms in total. The first kappa shape index (κ1) is 27.3. The number of carbonyl (C=O) groups is 2. The molecule has 1 aliphatic heterocycles. The van der Waals surface area contributed by atoms with Gasteiger partial charge in [-0.1, -0.05) is 23.2 Å². The van der Waals surface area contributed by atoms with Gasteiger partial charge < -0.3 is 15.1 Å². The van der Waals surface area contributed by atoms with Crippen LogP contribution in [-0.4, -0.2) is 73.6 Å². The number of piperidine rings is 1. The molecule has 0 bridgehead atoms. The Morgan fingerprint density at radius 1 is 1.32 bits per heavy atom. The third kappa shape index (κ3) is 7.19. The average Bonchev–Trinajstić information content (AvgIpc) is 3.56. The minimum Gasteiger partial charge on any atom is -0.352 e. The van der Waals surface area contributed by atoms with Gasteiger partial charge in [0, 0.05) is 38.3 Å². The van der Waals surface area contributed by atoms with Gasteiger partial charge in [-0.25, -0.2) is 14.8 Å². The molecule has 37 heavy (non-hydrogen) atoms. The summed E-state index contributed by atoms with van der Waals surface area (Å²) >= 11 is 13.7. The summed E-state index contributed by atoms with van der Waals surface area (Å²) in [5.74, 6) is 0.0124. The van der Waals surface area contributed by atoms with Crippen molar-refractivity contribution in [2.75, 3.05) is 25.0 Å². The topological polar surface area (TPSA) is 119 Å². The first-order chi connectivity index (χ1) is 17.8. The van der Waals surface area contributed by atoms with Crippen LogP contribution >= 0.6 is 34.5 Å². The van der Waals surface area contributed by atoms with Crippen molar-refractivity contribution >= 4 is 52.4 Å². The predicted octanol–water partition coefficient (Wildman–Crippen LogP) is 4.58. The highest BCUT2D eigenvalue weighted by atomic mass is 35.5. The van der Waals surface area contributed by atoms with Gasteiger partial charge in [0.2, 0.25) is 5.95 Å². The van der Waals surface area contributed by atoms with Crippen LogP contribution in [0.4, 0.5) is 10.7 Å². The number of carbonyl (C=O) groups excluding carboxylic acids is 2. The number of pyridine rings is 1. The monoisotopic (exact) mass is 564 g/mol. The van der Waals surface area contributed by atoms with Gasteiger partial charge in [-0.3, -0.25) is 15.2 Å². The number of halogens is 2. The molecule has 0 aliphatic carbocycles. The van der Waals surface area contributed by atoms with Crippen LogP contribution in [0.2, 0.25) is 10.3 Å². The molecule has 4 heterocycles. The molecule has 3 aromatic heterocycles. The van der Waals surface area contributed by atoms with Crippen molar-refractivity contribution in [3.05, 3.63) is 56.2 Å². The minimum atomic E-state index is -0.251. The molecule has 0 radical (unpaired) electrons. The SMILES string of the molecule is Cc1cc(Cl)nc(Cl)c1C(=O)NCCC(C)N1CCC(N(Cc2ccsc2)C(=O)Nc2nc[nH]n2)CC1. The number of aryl methyl sites for hydroxylation is 1. The molecule has 3 aromatic rings. The van der Waals surface area contributed by atoms with Gasteiger partial charge in [0.25, 0.3) is 5.91 Å². The minimum absolute atomic E-state index is 0.101. The summed E-state index contributed by atoms with van der Waals surface area (Å²) in [6, 6.07) is 3.84. The van der Waals surface area contributed by atoms with E-state index >= 15 is 0 Å². The number of aromatic nitrogens is 4. The Morgan fingerprint density at radius 2 is 2.11 bits per heavy atom. The highest BCUT2D eigenvalue weighted by molar-refractivity contribution is 7.07. The van der Waals surface area contributed by atoms with Gasteiger partial charge in [0.1, 0.15) is 16.6 Å². The lowest BCUT2D eigenvalue weighted by atomic mass is 10.0. The van der Waals surface area contributed by atoms with Crippen LogP contribution in [-0.2, 0) is 6.54 Å². The number of nitrogens with zero attached hydrogens (tertiary/aromatic N) is 5. The molecule has 198 valence electrons. The number of anilines is 1. The van der Waals surface area contributed by atoms with Crippen molar-refractivity contribution in [3.8, 4) is 0 Å². The molecule has 1 atom stereocenters. The van der Waals surface area contributed by atoms with E-state index in [1.54, 1.807) is 24.3 Å². The number of aromatic amines is 1. The maximum Gasteiger partial charge on any atom is 0.324 e. The van der Waals surface area contributed by atoms with Crippen LogP contribution in [0.5, 0.6) is 0 Å². The molecule has 1 aliphatic rings. The van der Waals surface area contributed by atoms with Crippen LogP contribution < -0.4 is 10.6 Å². The molecule has 1 unspecified atom stereocenters. The highest BCUT2D eigenvalue weighted by Crippen LogP contribution is 2.24. The highest BCUT2D eigenvalue weighted by Gasteiger charge is 2.30. The standard InChI is InChI=1S/C24H30Cl2N8O2S/c1-15-11-19(25)30-21(26)20(15)22(35)27-7-3-16(2)33-8-4-18(5-9-33)34(12-17-6-10-37-13-17)24(36)31-23-28-14-29-32-23/h6,10-11,13-14,16,18H,3-5,7-9,12H2,1-2H3,(H,27,35)(H2,28,29,31,32,36). The zero-order chi connectivity index (χ0) is 26.4. The van der Waals surface area contributed by atoms with Gasteiger partial charge in [0.15, 0.2) is 0 Å². The zero-order valence-electron chi connectivity index (χ0n) is 20.7. The summed E-state index contributed by atoms with van der Waals surface area (Å²) in [5, 5.41) is 16.8. The molecule has 4 rings (SSSR count). The molecule has 1 saturated heterocycles. The van der Waals surface area contributed by atoms with Gasteiger partial charge in [-0.15, -0.1) is 5.10 Å². The molecular weight excluding hydrogens is 535 g/mol. The number of thiophene rings is 1. The smallest absolute Gasteiger partial charge is 0.324 e. The maximum absolute atomic E-state index is 13.1. The average molecular weight is 566 g/mol. The van der Waals surface area contributed by atoms with Crippen LogP contribution in [0.3, 0.4) is 0 Å². The lowest BCUT2D eigenvalue weighted by Crippen LogP contribution is -2.50. The Bertz CT molecular complexity index is 1160. The van der Waals surface area contributed by atoms with E-state index in [-0.39, 0.29) is 40.3 Å². The molecule has 13 heteroatoms. The van der Waals surface area contributed by atoms with Crippen LogP contribution in [0.25, 0.3) is 0 Å². The van der Waals surface area contributed by atoms with E-state index in [1.807, 2.05) is 16.3 Å². The second kappa shape index (κ2) is 12.7. The molecule has 0 spiro atoms.